The molecule has 0 aliphatic rings. The zero-order valence-electron chi connectivity index (χ0n) is 19.0. The van der Waals surface area contributed by atoms with Crippen LogP contribution in [0.4, 0.5) is 0 Å². The Balaban J connectivity index is 4.17. The SMILES string of the molecule is CC(C)(CCC(=O)C(C)(C)C)OCC(C)(C)SSCCOC(=O)C(C)(C)C. The van der Waals surface area contributed by atoms with Crippen molar-refractivity contribution in [3.63, 3.8) is 0 Å². The molecule has 0 aromatic rings. The number of carbonyl (C=O) groups is 2. The van der Waals surface area contributed by atoms with E-state index >= 15 is 0 Å². The van der Waals surface area contributed by atoms with Crippen LogP contribution >= 0.6 is 21.6 Å². The number of ether oxygens (including phenoxy) is 2. The smallest absolute Gasteiger partial charge is 0.311 e. The molecule has 0 unspecified atom stereocenters. The number of hydrogen-bond donors (Lipinski definition) is 0. The zero-order chi connectivity index (χ0) is 21.5. The third-order valence-corrected chi connectivity index (χ3v) is 7.13. The van der Waals surface area contributed by atoms with Gasteiger partial charge in [-0.2, -0.15) is 0 Å². The first-order valence-corrected chi connectivity index (χ1v) is 11.9. The summed E-state index contributed by atoms with van der Waals surface area (Å²) >= 11 is 0. The van der Waals surface area contributed by atoms with Crippen molar-refractivity contribution in [1.82, 2.24) is 0 Å². The van der Waals surface area contributed by atoms with Crippen LogP contribution < -0.4 is 0 Å². The molecular weight excluding hydrogens is 380 g/mol. The standard InChI is InChI=1S/C21H40O4S2/c1-18(2,3)16(22)11-12-20(7,8)25-15-21(9,10)27-26-14-13-24-17(23)19(4,5)6/h11-15H2,1-10H3. The van der Waals surface area contributed by atoms with Gasteiger partial charge < -0.3 is 9.47 Å². The lowest BCUT2D eigenvalue weighted by Crippen LogP contribution is -2.33. The van der Waals surface area contributed by atoms with Crippen LogP contribution in [0.2, 0.25) is 0 Å². The molecular formula is C21H40O4S2. The van der Waals surface area contributed by atoms with Crippen molar-refractivity contribution < 1.29 is 19.1 Å². The highest BCUT2D eigenvalue weighted by atomic mass is 33.1. The highest BCUT2D eigenvalue weighted by Crippen LogP contribution is 2.37. The number of esters is 1. The van der Waals surface area contributed by atoms with Crippen molar-refractivity contribution in [3.8, 4) is 0 Å². The van der Waals surface area contributed by atoms with Crippen molar-refractivity contribution in [1.29, 1.82) is 0 Å². The van der Waals surface area contributed by atoms with Gasteiger partial charge in [-0.15, -0.1) is 0 Å². The summed E-state index contributed by atoms with van der Waals surface area (Å²) in [6.45, 7) is 20.8. The van der Waals surface area contributed by atoms with Gasteiger partial charge in [0.15, 0.2) is 0 Å². The monoisotopic (exact) mass is 420 g/mol. The third kappa shape index (κ3) is 12.8. The molecule has 0 spiro atoms. The van der Waals surface area contributed by atoms with E-state index in [1.54, 1.807) is 21.6 Å². The van der Waals surface area contributed by atoms with Gasteiger partial charge in [0.25, 0.3) is 0 Å². The van der Waals surface area contributed by atoms with Crippen LogP contribution in [0.5, 0.6) is 0 Å². The maximum Gasteiger partial charge on any atom is 0.311 e. The van der Waals surface area contributed by atoms with E-state index in [0.29, 0.717) is 19.6 Å². The molecule has 0 aromatic carbocycles. The summed E-state index contributed by atoms with van der Waals surface area (Å²) in [4.78, 5) is 23.9. The summed E-state index contributed by atoms with van der Waals surface area (Å²) in [6.07, 6.45) is 1.26. The lowest BCUT2D eigenvalue weighted by molar-refractivity contribution is -0.152. The summed E-state index contributed by atoms with van der Waals surface area (Å²) in [6, 6.07) is 0. The van der Waals surface area contributed by atoms with Crippen LogP contribution in [0.25, 0.3) is 0 Å². The molecule has 4 nitrogen and oxygen atoms in total. The van der Waals surface area contributed by atoms with E-state index in [-0.39, 0.29) is 27.5 Å². The van der Waals surface area contributed by atoms with E-state index in [1.807, 2.05) is 55.4 Å². The van der Waals surface area contributed by atoms with Gasteiger partial charge in [-0.25, -0.2) is 0 Å². The van der Waals surface area contributed by atoms with E-state index in [0.717, 1.165) is 12.2 Å². The molecule has 0 heterocycles. The van der Waals surface area contributed by atoms with E-state index < -0.39 is 5.41 Å². The Kier molecular flexibility index (Phi) is 10.5. The Morgan fingerprint density at radius 3 is 1.89 bits per heavy atom. The maximum absolute atomic E-state index is 12.1. The molecule has 0 amide bonds. The molecule has 0 bridgehead atoms. The summed E-state index contributed by atoms with van der Waals surface area (Å²) in [7, 11) is 3.43. The maximum atomic E-state index is 12.1. The van der Waals surface area contributed by atoms with Crippen molar-refractivity contribution in [2.45, 2.75) is 92.4 Å². The summed E-state index contributed by atoms with van der Waals surface area (Å²) in [5.41, 5.74) is -1.07. The Labute approximate surface area is 174 Å². The predicted molar refractivity (Wildman–Crippen MR) is 118 cm³/mol. The van der Waals surface area contributed by atoms with Gasteiger partial charge in [0.2, 0.25) is 0 Å². The second kappa shape index (κ2) is 10.5. The molecule has 0 rings (SSSR count). The third-order valence-electron chi connectivity index (χ3n) is 3.90. The van der Waals surface area contributed by atoms with Crippen LogP contribution in [0.3, 0.4) is 0 Å². The molecule has 27 heavy (non-hydrogen) atoms. The van der Waals surface area contributed by atoms with E-state index in [9.17, 15) is 9.59 Å². The Morgan fingerprint density at radius 2 is 1.41 bits per heavy atom. The Morgan fingerprint density at radius 1 is 0.852 bits per heavy atom. The molecule has 0 saturated heterocycles. The van der Waals surface area contributed by atoms with Crippen LogP contribution in [-0.4, -0.2) is 41.1 Å². The van der Waals surface area contributed by atoms with Crippen molar-refractivity contribution in [2.75, 3.05) is 19.0 Å². The molecule has 0 N–H and O–H groups in total. The fourth-order valence-electron chi connectivity index (χ4n) is 1.84. The average Bonchev–Trinajstić information content (AvgIpc) is 2.48. The van der Waals surface area contributed by atoms with Gasteiger partial charge in [0, 0.05) is 22.3 Å². The first-order valence-electron chi connectivity index (χ1n) is 9.61. The minimum atomic E-state index is -0.453. The van der Waals surface area contributed by atoms with Gasteiger partial charge in [0.05, 0.1) is 17.6 Å². The molecule has 160 valence electrons. The highest BCUT2D eigenvalue weighted by Gasteiger charge is 2.29. The molecule has 0 saturated carbocycles. The van der Waals surface area contributed by atoms with Crippen molar-refractivity contribution in [2.24, 2.45) is 10.8 Å². The van der Waals surface area contributed by atoms with Gasteiger partial charge in [-0.05, 0) is 54.9 Å². The van der Waals surface area contributed by atoms with Crippen molar-refractivity contribution in [3.05, 3.63) is 0 Å². The molecule has 0 fully saturated rings. The zero-order valence-corrected chi connectivity index (χ0v) is 20.6. The topological polar surface area (TPSA) is 52.6 Å². The fourth-order valence-corrected chi connectivity index (χ4v) is 4.06. The van der Waals surface area contributed by atoms with Crippen molar-refractivity contribution >= 4 is 33.3 Å². The second-order valence-corrected chi connectivity index (χ2v) is 13.4. The summed E-state index contributed by atoms with van der Waals surface area (Å²) in [5.74, 6) is 0.856. The van der Waals surface area contributed by atoms with Gasteiger partial charge >= 0.3 is 5.97 Å². The van der Waals surface area contributed by atoms with Crippen LogP contribution in [0.1, 0.15) is 82.1 Å². The van der Waals surface area contributed by atoms with Gasteiger partial charge in [0.1, 0.15) is 12.4 Å². The molecule has 0 aliphatic heterocycles. The number of hydrogen-bond acceptors (Lipinski definition) is 6. The lowest BCUT2D eigenvalue weighted by Gasteiger charge is -2.32. The first-order chi connectivity index (χ1) is 12.0. The summed E-state index contributed by atoms with van der Waals surface area (Å²) < 4.78 is 11.3. The molecule has 0 radical (unpaired) electrons. The normalized spacial score (nSPS) is 13.6. The van der Waals surface area contributed by atoms with E-state index in [2.05, 4.69) is 13.8 Å². The van der Waals surface area contributed by atoms with E-state index in [1.165, 1.54) is 0 Å². The fraction of sp³-hybridized carbons (Fsp3) is 0.905. The number of Topliss-reactive ketones (excluding diaryl/α,β-unsaturated/α-hetero) is 1. The molecule has 0 atom stereocenters. The molecule has 0 aliphatic carbocycles. The average molecular weight is 421 g/mol. The first kappa shape index (κ1) is 26.8. The number of rotatable bonds is 11. The number of ketones is 1. The second-order valence-electron chi connectivity index (χ2n) is 10.3. The van der Waals surface area contributed by atoms with Gasteiger partial charge in [-0.3, -0.25) is 9.59 Å². The van der Waals surface area contributed by atoms with Crippen LogP contribution in [-0.2, 0) is 19.1 Å². The summed E-state index contributed by atoms with van der Waals surface area (Å²) in [5, 5.41) is 0. The minimum Gasteiger partial charge on any atom is -0.464 e. The molecule has 0 aromatic heterocycles. The van der Waals surface area contributed by atoms with Gasteiger partial charge in [-0.1, -0.05) is 42.4 Å². The largest absolute Gasteiger partial charge is 0.464 e. The highest BCUT2D eigenvalue weighted by molar-refractivity contribution is 8.77. The minimum absolute atomic E-state index is 0.0655. The Hall–Kier alpha value is -0.200. The lowest BCUT2D eigenvalue weighted by atomic mass is 9.86. The predicted octanol–water partition coefficient (Wildman–Crippen LogP) is 5.93. The quantitative estimate of drug-likeness (QED) is 0.235. The van der Waals surface area contributed by atoms with E-state index in [4.69, 9.17) is 9.47 Å². The van der Waals surface area contributed by atoms with Crippen LogP contribution in [0.15, 0.2) is 0 Å². The number of carbonyl (C=O) groups excluding carboxylic acids is 2. The Bertz CT molecular complexity index is 485. The molecule has 6 heteroatoms. The van der Waals surface area contributed by atoms with Crippen LogP contribution in [0, 0.1) is 10.8 Å².